The molecule has 0 aromatic carbocycles. The van der Waals surface area contributed by atoms with Crippen LogP contribution in [0.2, 0.25) is 0 Å². The number of hydrogen-bond donors (Lipinski definition) is 0. The summed E-state index contributed by atoms with van der Waals surface area (Å²) >= 11 is 0. The fourth-order valence-corrected chi connectivity index (χ4v) is 1.78. The molecule has 1 aliphatic rings. The average Bonchev–Trinajstić information content (AvgIpc) is 2.65. The van der Waals surface area contributed by atoms with E-state index in [2.05, 4.69) is 11.1 Å². The molecule has 2 heterocycles. The van der Waals surface area contributed by atoms with Crippen molar-refractivity contribution in [3.8, 4) is 6.07 Å². The van der Waals surface area contributed by atoms with Gasteiger partial charge in [-0.1, -0.05) is 0 Å². The van der Waals surface area contributed by atoms with Crippen molar-refractivity contribution in [1.82, 2.24) is 9.55 Å². The Bertz CT molecular complexity index is 352. The van der Waals surface area contributed by atoms with Crippen LogP contribution in [0, 0.1) is 17.2 Å². The highest BCUT2D eigenvalue weighted by atomic mass is 16.5. The highest BCUT2D eigenvalue weighted by molar-refractivity contribution is 5.08. The van der Waals surface area contributed by atoms with E-state index in [0.717, 1.165) is 25.1 Å². The minimum absolute atomic E-state index is 0.0429. The molecular weight excluding hydrogens is 178 g/mol. The summed E-state index contributed by atoms with van der Waals surface area (Å²) in [5, 5.41) is 8.96. The molecule has 0 amide bonds. The standard InChI is InChI=1S/C10H13N3O/c1-13-6-9(12-7-13)10-8(5-11)3-2-4-14-10/h6-8,10H,2-4H2,1H3. The molecule has 0 bridgehead atoms. The van der Waals surface area contributed by atoms with Crippen LogP contribution in [0.15, 0.2) is 12.5 Å². The summed E-state index contributed by atoms with van der Waals surface area (Å²) in [7, 11) is 1.92. The molecule has 0 radical (unpaired) electrons. The van der Waals surface area contributed by atoms with Crippen LogP contribution in [-0.4, -0.2) is 16.2 Å². The molecule has 1 aromatic heterocycles. The lowest BCUT2D eigenvalue weighted by atomic mass is 9.94. The third-order valence-electron chi connectivity index (χ3n) is 2.50. The predicted octanol–water partition coefficient (Wildman–Crippen LogP) is 1.41. The van der Waals surface area contributed by atoms with E-state index in [1.165, 1.54) is 0 Å². The molecule has 1 saturated heterocycles. The second-order valence-corrected chi connectivity index (χ2v) is 3.63. The summed E-state index contributed by atoms with van der Waals surface area (Å²) in [5.74, 6) is -0.0429. The van der Waals surface area contributed by atoms with Crippen molar-refractivity contribution in [2.75, 3.05) is 6.61 Å². The number of hydrogen-bond acceptors (Lipinski definition) is 3. The zero-order valence-electron chi connectivity index (χ0n) is 8.18. The predicted molar refractivity (Wildman–Crippen MR) is 50.2 cm³/mol. The number of nitrogens with zero attached hydrogens (tertiary/aromatic N) is 3. The maximum absolute atomic E-state index is 8.96. The molecule has 0 saturated carbocycles. The molecule has 0 N–H and O–H groups in total. The zero-order chi connectivity index (χ0) is 9.97. The Labute approximate surface area is 83.1 Å². The third-order valence-corrected chi connectivity index (χ3v) is 2.50. The lowest BCUT2D eigenvalue weighted by Gasteiger charge is -2.25. The Morgan fingerprint density at radius 2 is 2.57 bits per heavy atom. The van der Waals surface area contributed by atoms with Crippen molar-refractivity contribution in [1.29, 1.82) is 5.26 Å². The maximum Gasteiger partial charge on any atom is 0.117 e. The fourth-order valence-electron chi connectivity index (χ4n) is 1.78. The van der Waals surface area contributed by atoms with Gasteiger partial charge in [-0.3, -0.25) is 0 Å². The Morgan fingerprint density at radius 3 is 3.21 bits per heavy atom. The van der Waals surface area contributed by atoms with E-state index >= 15 is 0 Å². The van der Waals surface area contributed by atoms with Gasteiger partial charge in [-0.15, -0.1) is 0 Å². The van der Waals surface area contributed by atoms with E-state index in [9.17, 15) is 0 Å². The van der Waals surface area contributed by atoms with Crippen LogP contribution in [0.3, 0.4) is 0 Å². The first-order valence-electron chi connectivity index (χ1n) is 4.80. The van der Waals surface area contributed by atoms with E-state index in [1.807, 2.05) is 17.8 Å². The molecule has 0 spiro atoms. The molecule has 2 unspecified atom stereocenters. The van der Waals surface area contributed by atoms with Crippen LogP contribution >= 0.6 is 0 Å². The first-order valence-corrected chi connectivity index (χ1v) is 4.80. The summed E-state index contributed by atoms with van der Waals surface area (Å²) in [5.41, 5.74) is 0.874. The maximum atomic E-state index is 8.96. The number of aromatic nitrogens is 2. The highest BCUT2D eigenvalue weighted by Gasteiger charge is 2.28. The van der Waals surface area contributed by atoms with Gasteiger partial charge in [-0.05, 0) is 12.8 Å². The van der Waals surface area contributed by atoms with Gasteiger partial charge in [0.05, 0.1) is 24.0 Å². The smallest absolute Gasteiger partial charge is 0.117 e. The SMILES string of the molecule is Cn1cnc(C2OCCCC2C#N)c1. The van der Waals surface area contributed by atoms with E-state index in [1.54, 1.807) is 6.33 Å². The number of aryl methyl sites for hydroxylation is 1. The van der Waals surface area contributed by atoms with Gasteiger partial charge in [-0.2, -0.15) is 5.26 Å². The van der Waals surface area contributed by atoms with Gasteiger partial charge < -0.3 is 9.30 Å². The summed E-state index contributed by atoms with van der Waals surface area (Å²) < 4.78 is 7.46. The summed E-state index contributed by atoms with van der Waals surface area (Å²) in [6, 6.07) is 2.29. The van der Waals surface area contributed by atoms with Crippen molar-refractivity contribution in [3.63, 3.8) is 0 Å². The molecule has 1 fully saturated rings. The largest absolute Gasteiger partial charge is 0.370 e. The second kappa shape index (κ2) is 3.81. The molecule has 2 atom stereocenters. The first kappa shape index (κ1) is 9.22. The van der Waals surface area contributed by atoms with Gasteiger partial charge in [-0.25, -0.2) is 4.98 Å². The Kier molecular flexibility index (Phi) is 2.51. The fraction of sp³-hybridized carbons (Fsp3) is 0.600. The molecule has 14 heavy (non-hydrogen) atoms. The average molecular weight is 191 g/mol. The van der Waals surface area contributed by atoms with Crippen molar-refractivity contribution in [3.05, 3.63) is 18.2 Å². The highest BCUT2D eigenvalue weighted by Crippen LogP contribution is 2.31. The van der Waals surface area contributed by atoms with Crippen molar-refractivity contribution in [2.24, 2.45) is 13.0 Å². The number of imidazole rings is 1. The molecule has 2 rings (SSSR count). The topological polar surface area (TPSA) is 50.8 Å². The minimum Gasteiger partial charge on any atom is -0.370 e. The van der Waals surface area contributed by atoms with Crippen LogP contribution < -0.4 is 0 Å². The van der Waals surface area contributed by atoms with Crippen molar-refractivity contribution < 1.29 is 4.74 Å². The molecule has 0 aliphatic carbocycles. The van der Waals surface area contributed by atoms with Gasteiger partial charge in [0.25, 0.3) is 0 Å². The van der Waals surface area contributed by atoms with Gasteiger partial charge in [0.2, 0.25) is 0 Å². The monoisotopic (exact) mass is 191 g/mol. The quantitative estimate of drug-likeness (QED) is 0.674. The van der Waals surface area contributed by atoms with Crippen molar-refractivity contribution in [2.45, 2.75) is 18.9 Å². The van der Waals surface area contributed by atoms with Gasteiger partial charge >= 0.3 is 0 Å². The van der Waals surface area contributed by atoms with Crippen LogP contribution in [0.25, 0.3) is 0 Å². The van der Waals surface area contributed by atoms with Crippen LogP contribution in [0.4, 0.5) is 0 Å². The van der Waals surface area contributed by atoms with Crippen LogP contribution in [-0.2, 0) is 11.8 Å². The van der Waals surface area contributed by atoms with Crippen LogP contribution in [0.1, 0.15) is 24.6 Å². The van der Waals surface area contributed by atoms with E-state index in [0.29, 0.717) is 0 Å². The minimum atomic E-state index is -0.130. The molecule has 4 heteroatoms. The molecule has 4 nitrogen and oxygen atoms in total. The third kappa shape index (κ3) is 1.64. The lowest BCUT2D eigenvalue weighted by Crippen LogP contribution is -2.21. The number of rotatable bonds is 1. The lowest BCUT2D eigenvalue weighted by molar-refractivity contribution is -0.0125. The van der Waals surface area contributed by atoms with E-state index in [-0.39, 0.29) is 12.0 Å². The van der Waals surface area contributed by atoms with Crippen molar-refractivity contribution >= 4 is 0 Å². The molecule has 1 aromatic rings. The normalized spacial score (nSPS) is 27.1. The summed E-state index contributed by atoms with van der Waals surface area (Å²) in [6.07, 6.45) is 5.41. The van der Waals surface area contributed by atoms with Gasteiger partial charge in [0, 0.05) is 19.9 Å². The zero-order valence-corrected chi connectivity index (χ0v) is 8.18. The van der Waals surface area contributed by atoms with Crippen LogP contribution in [0.5, 0.6) is 0 Å². The second-order valence-electron chi connectivity index (χ2n) is 3.63. The Hall–Kier alpha value is -1.34. The first-order chi connectivity index (χ1) is 6.81. The van der Waals surface area contributed by atoms with Gasteiger partial charge in [0.15, 0.2) is 0 Å². The molecular formula is C10H13N3O. The Morgan fingerprint density at radius 1 is 1.71 bits per heavy atom. The van der Waals surface area contributed by atoms with E-state index in [4.69, 9.17) is 10.00 Å². The van der Waals surface area contributed by atoms with E-state index < -0.39 is 0 Å². The Balaban J connectivity index is 2.19. The molecule has 1 aliphatic heterocycles. The summed E-state index contributed by atoms with van der Waals surface area (Å²) in [4.78, 5) is 4.22. The number of nitriles is 1. The number of ether oxygens (including phenoxy) is 1. The van der Waals surface area contributed by atoms with Gasteiger partial charge in [0.1, 0.15) is 6.10 Å². The summed E-state index contributed by atoms with van der Waals surface area (Å²) in [6.45, 7) is 0.736. The molecule has 74 valence electrons.